The van der Waals surface area contributed by atoms with Gasteiger partial charge in [0.1, 0.15) is 11.9 Å². The van der Waals surface area contributed by atoms with Crippen LogP contribution >= 0.6 is 0 Å². The van der Waals surface area contributed by atoms with Crippen molar-refractivity contribution in [2.45, 2.75) is 31.4 Å². The molecule has 0 unspecified atom stereocenters. The number of aliphatic hydroxyl groups excluding tert-OH is 2. The molecule has 31 heavy (non-hydrogen) atoms. The Balaban J connectivity index is 1.45. The lowest BCUT2D eigenvalue weighted by molar-refractivity contribution is -0.119. The summed E-state index contributed by atoms with van der Waals surface area (Å²) in [6.45, 7) is 2.29. The first-order chi connectivity index (χ1) is 15.0. The van der Waals surface area contributed by atoms with Gasteiger partial charge >= 0.3 is 0 Å². The molecule has 1 aliphatic heterocycles. The maximum Gasteiger partial charge on any atom is 0.220 e. The van der Waals surface area contributed by atoms with Gasteiger partial charge in [-0.15, -0.1) is 0 Å². The van der Waals surface area contributed by atoms with E-state index in [1.807, 2.05) is 24.3 Å². The molecule has 6 heteroatoms. The van der Waals surface area contributed by atoms with E-state index >= 15 is 0 Å². The maximum atomic E-state index is 11.4. The average Bonchev–Trinajstić information content (AvgIpc) is 3.44. The Morgan fingerprint density at radius 1 is 1.16 bits per heavy atom. The lowest BCUT2D eigenvalue weighted by Gasteiger charge is -2.16. The van der Waals surface area contributed by atoms with Crippen LogP contribution in [-0.4, -0.2) is 38.8 Å². The summed E-state index contributed by atoms with van der Waals surface area (Å²) in [7, 11) is 0. The predicted molar refractivity (Wildman–Crippen MR) is 120 cm³/mol. The van der Waals surface area contributed by atoms with Crippen LogP contribution in [0.1, 0.15) is 48.4 Å². The van der Waals surface area contributed by atoms with Crippen LogP contribution in [0.5, 0.6) is 0 Å². The summed E-state index contributed by atoms with van der Waals surface area (Å²) in [6.07, 6.45) is 7.12. The number of imidazole rings is 1. The van der Waals surface area contributed by atoms with Crippen molar-refractivity contribution in [2.75, 3.05) is 13.2 Å². The topological polar surface area (TPSA) is 87.4 Å². The molecule has 0 saturated carbocycles. The minimum absolute atomic E-state index is 0.0842. The molecule has 160 valence electrons. The van der Waals surface area contributed by atoms with Crippen LogP contribution in [0, 0.1) is 0 Å². The number of rotatable bonds is 7. The number of amides is 1. The third kappa shape index (κ3) is 4.76. The second-order valence-electron chi connectivity index (χ2n) is 7.93. The van der Waals surface area contributed by atoms with Crippen molar-refractivity contribution in [3.8, 4) is 11.1 Å². The van der Waals surface area contributed by atoms with Gasteiger partial charge in [0.2, 0.25) is 5.91 Å². The van der Waals surface area contributed by atoms with Gasteiger partial charge in [-0.25, -0.2) is 4.98 Å². The van der Waals surface area contributed by atoms with Crippen LogP contribution < -0.4 is 5.32 Å². The Morgan fingerprint density at radius 3 is 2.42 bits per heavy atom. The molecule has 2 heterocycles. The number of aliphatic hydroxyl groups is 2. The minimum Gasteiger partial charge on any atom is -0.394 e. The SMILES string of the molecule is C[C@H](O)c1nccn1[C@@H](/C=C/c1ccc(-c2ccc([C@@H]3CNC(=O)C3)cc2)cc1)CO. The van der Waals surface area contributed by atoms with Gasteiger partial charge in [0.15, 0.2) is 0 Å². The molecule has 3 aromatic rings. The van der Waals surface area contributed by atoms with Crippen molar-refractivity contribution in [1.82, 2.24) is 14.9 Å². The fourth-order valence-corrected chi connectivity index (χ4v) is 3.97. The van der Waals surface area contributed by atoms with Crippen LogP contribution in [0.15, 0.2) is 67.0 Å². The monoisotopic (exact) mass is 417 g/mol. The van der Waals surface area contributed by atoms with E-state index in [-0.39, 0.29) is 24.5 Å². The smallest absolute Gasteiger partial charge is 0.220 e. The summed E-state index contributed by atoms with van der Waals surface area (Å²) in [5, 5.41) is 22.5. The van der Waals surface area contributed by atoms with Gasteiger partial charge in [-0.2, -0.15) is 0 Å². The number of benzene rings is 2. The highest BCUT2D eigenvalue weighted by Gasteiger charge is 2.22. The van der Waals surface area contributed by atoms with Gasteiger partial charge in [-0.05, 0) is 29.2 Å². The van der Waals surface area contributed by atoms with Crippen molar-refractivity contribution in [2.24, 2.45) is 0 Å². The minimum atomic E-state index is -0.700. The predicted octanol–water partition coefficient (Wildman–Crippen LogP) is 3.45. The normalized spacial score (nSPS) is 18.3. The molecule has 4 rings (SSSR count). The van der Waals surface area contributed by atoms with Crippen LogP contribution in [0.25, 0.3) is 17.2 Å². The first kappa shape index (κ1) is 21.0. The Labute approximate surface area is 181 Å². The first-order valence-electron chi connectivity index (χ1n) is 10.5. The van der Waals surface area contributed by atoms with Gasteiger partial charge in [-0.3, -0.25) is 4.79 Å². The number of nitrogens with one attached hydrogen (secondary N) is 1. The maximum absolute atomic E-state index is 11.4. The van der Waals surface area contributed by atoms with E-state index in [4.69, 9.17) is 0 Å². The standard InChI is InChI=1S/C25H27N3O3/c1-17(30)25-26-12-13-28(25)23(16-29)11-4-18-2-5-19(6-3-18)20-7-9-21(10-8-20)22-14-24(31)27-15-22/h2-13,17,22-23,29-30H,14-16H2,1H3,(H,27,31)/b11-4+/t17-,22-,23-/m0/s1. The third-order valence-electron chi connectivity index (χ3n) is 5.73. The summed E-state index contributed by atoms with van der Waals surface area (Å²) in [5.41, 5.74) is 4.46. The Kier molecular flexibility index (Phi) is 6.30. The Hall–Kier alpha value is -3.22. The molecule has 3 N–H and O–H groups in total. The van der Waals surface area contributed by atoms with E-state index in [0.29, 0.717) is 18.8 Å². The van der Waals surface area contributed by atoms with Crippen molar-refractivity contribution >= 4 is 12.0 Å². The fourth-order valence-electron chi connectivity index (χ4n) is 3.97. The Bertz CT molecular complexity index is 1050. The molecular weight excluding hydrogens is 390 g/mol. The third-order valence-corrected chi connectivity index (χ3v) is 5.73. The molecule has 6 nitrogen and oxygen atoms in total. The van der Waals surface area contributed by atoms with Gasteiger partial charge in [0.25, 0.3) is 0 Å². The van der Waals surface area contributed by atoms with Gasteiger partial charge < -0.3 is 20.1 Å². The largest absolute Gasteiger partial charge is 0.394 e. The molecule has 0 radical (unpaired) electrons. The van der Waals surface area contributed by atoms with Crippen LogP contribution in [0.2, 0.25) is 0 Å². The molecule has 2 aromatic carbocycles. The molecular formula is C25H27N3O3. The van der Waals surface area contributed by atoms with E-state index in [0.717, 1.165) is 16.7 Å². The summed E-state index contributed by atoms with van der Waals surface area (Å²) < 4.78 is 1.78. The van der Waals surface area contributed by atoms with Gasteiger partial charge in [0, 0.05) is 31.3 Å². The van der Waals surface area contributed by atoms with Crippen LogP contribution in [0.3, 0.4) is 0 Å². The molecule has 0 bridgehead atoms. The molecule has 1 aromatic heterocycles. The summed E-state index contributed by atoms with van der Waals surface area (Å²) >= 11 is 0. The molecule has 0 aliphatic carbocycles. The number of carbonyl (C=O) groups excluding carboxylic acids is 1. The molecule has 1 amide bonds. The number of hydrogen-bond donors (Lipinski definition) is 3. The van der Waals surface area contributed by atoms with E-state index in [1.54, 1.807) is 23.9 Å². The van der Waals surface area contributed by atoms with E-state index < -0.39 is 6.10 Å². The fraction of sp³-hybridized carbons (Fsp3) is 0.280. The highest BCUT2D eigenvalue weighted by molar-refractivity contribution is 5.79. The van der Waals surface area contributed by atoms with Crippen molar-refractivity contribution in [3.63, 3.8) is 0 Å². The lowest BCUT2D eigenvalue weighted by atomic mass is 9.95. The molecule has 0 spiro atoms. The summed E-state index contributed by atoms with van der Waals surface area (Å²) in [5.74, 6) is 0.912. The second kappa shape index (κ2) is 9.29. The number of nitrogens with zero attached hydrogens (tertiary/aromatic N) is 2. The number of hydrogen-bond acceptors (Lipinski definition) is 4. The van der Waals surface area contributed by atoms with Crippen molar-refractivity contribution in [3.05, 3.63) is 84.0 Å². The average molecular weight is 418 g/mol. The molecule has 1 saturated heterocycles. The van der Waals surface area contributed by atoms with Gasteiger partial charge in [-0.1, -0.05) is 60.7 Å². The zero-order chi connectivity index (χ0) is 21.8. The quantitative estimate of drug-likeness (QED) is 0.549. The summed E-state index contributed by atoms with van der Waals surface area (Å²) in [6, 6.07) is 16.3. The first-order valence-corrected chi connectivity index (χ1v) is 10.5. The van der Waals surface area contributed by atoms with Crippen molar-refractivity contribution < 1.29 is 15.0 Å². The van der Waals surface area contributed by atoms with Crippen LogP contribution in [0.4, 0.5) is 0 Å². The lowest BCUT2D eigenvalue weighted by Crippen LogP contribution is -2.14. The number of aromatic nitrogens is 2. The van der Waals surface area contributed by atoms with Crippen molar-refractivity contribution in [1.29, 1.82) is 0 Å². The van der Waals surface area contributed by atoms with E-state index in [1.165, 1.54) is 5.56 Å². The molecule has 3 atom stereocenters. The highest BCUT2D eigenvalue weighted by atomic mass is 16.3. The van der Waals surface area contributed by atoms with Gasteiger partial charge in [0.05, 0.1) is 12.6 Å². The highest BCUT2D eigenvalue weighted by Crippen LogP contribution is 2.27. The Morgan fingerprint density at radius 2 is 1.84 bits per heavy atom. The van der Waals surface area contributed by atoms with E-state index in [9.17, 15) is 15.0 Å². The summed E-state index contributed by atoms with van der Waals surface area (Å²) in [4.78, 5) is 15.6. The molecule has 1 aliphatic rings. The second-order valence-corrected chi connectivity index (χ2v) is 7.93. The van der Waals surface area contributed by atoms with Crippen LogP contribution in [-0.2, 0) is 4.79 Å². The van der Waals surface area contributed by atoms with E-state index in [2.05, 4.69) is 46.7 Å². The zero-order valence-corrected chi connectivity index (χ0v) is 17.5. The number of carbonyl (C=O) groups is 1. The molecule has 1 fully saturated rings. The zero-order valence-electron chi connectivity index (χ0n) is 17.5.